The Hall–Kier alpha value is -0.130. The van der Waals surface area contributed by atoms with Gasteiger partial charge in [-0.25, -0.2) is 13.1 Å². The number of sulfonamides is 1. The van der Waals surface area contributed by atoms with Crippen molar-refractivity contribution in [2.75, 3.05) is 19.3 Å². The van der Waals surface area contributed by atoms with Gasteiger partial charge >= 0.3 is 0 Å². The maximum absolute atomic E-state index is 11.5. The van der Waals surface area contributed by atoms with E-state index in [9.17, 15) is 8.42 Å². The predicted octanol–water partition coefficient (Wildman–Crippen LogP) is 0.950. The molecule has 1 unspecified atom stereocenters. The van der Waals surface area contributed by atoms with Crippen LogP contribution >= 0.6 is 0 Å². The number of rotatable bonds is 8. The lowest BCUT2D eigenvalue weighted by molar-refractivity contribution is 0.485. The van der Waals surface area contributed by atoms with E-state index in [1.807, 2.05) is 6.92 Å². The minimum Gasteiger partial charge on any atom is -0.319 e. The predicted molar refractivity (Wildman–Crippen MR) is 64.4 cm³/mol. The summed E-state index contributed by atoms with van der Waals surface area (Å²) >= 11 is 0. The molecule has 0 heterocycles. The van der Waals surface area contributed by atoms with Crippen molar-refractivity contribution in [1.29, 1.82) is 0 Å². The smallest absolute Gasteiger partial charge is 0.213 e. The monoisotopic (exact) mass is 236 g/mol. The maximum atomic E-state index is 11.5. The van der Waals surface area contributed by atoms with Crippen molar-refractivity contribution in [1.82, 2.24) is 10.0 Å². The summed E-state index contributed by atoms with van der Waals surface area (Å²) in [5.74, 6) is 0.768. The van der Waals surface area contributed by atoms with E-state index in [-0.39, 0.29) is 11.8 Å². The molecular weight excluding hydrogens is 212 g/mol. The van der Waals surface area contributed by atoms with Crippen molar-refractivity contribution in [3.63, 3.8) is 0 Å². The number of hydrogen-bond donors (Lipinski definition) is 2. The van der Waals surface area contributed by atoms with Crippen LogP contribution in [0.4, 0.5) is 0 Å². The topological polar surface area (TPSA) is 58.2 Å². The molecule has 0 aliphatic heterocycles. The van der Waals surface area contributed by atoms with Gasteiger partial charge in [0.15, 0.2) is 0 Å². The lowest BCUT2D eigenvalue weighted by Gasteiger charge is -2.15. The van der Waals surface area contributed by atoms with Gasteiger partial charge in [-0.1, -0.05) is 13.8 Å². The second-order valence-corrected chi connectivity index (χ2v) is 6.29. The van der Waals surface area contributed by atoms with E-state index in [4.69, 9.17) is 0 Å². The molecular formula is C10H24N2O2S. The van der Waals surface area contributed by atoms with Gasteiger partial charge in [-0.15, -0.1) is 0 Å². The molecule has 0 aliphatic carbocycles. The third-order valence-corrected chi connectivity index (χ3v) is 3.68. The van der Waals surface area contributed by atoms with Crippen molar-refractivity contribution in [3.05, 3.63) is 0 Å². The molecule has 0 aliphatic rings. The largest absolute Gasteiger partial charge is 0.319 e. The highest BCUT2D eigenvalue weighted by atomic mass is 32.2. The molecule has 0 spiro atoms. The van der Waals surface area contributed by atoms with E-state index in [1.165, 1.54) is 0 Å². The van der Waals surface area contributed by atoms with Crippen LogP contribution in [0.2, 0.25) is 0 Å². The maximum Gasteiger partial charge on any atom is 0.213 e. The van der Waals surface area contributed by atoms with Crippen LogP contribution in [0.5, 0.6) is 0 Å². The zero-order chi connectivity index (χ0) is 11.9. The molecule has 0 radical (unpaired) electrons. The van der Waals surface area contributed by atoms with Gasteiger partial charge in [0.2, 0.25) is 10.0 Å². The third-order valence-electron chi connectivity index (χ3n) is 2.18. The standard InChI is InChI=1S/C10H24N2O2S/c1-9(2)5-6-10(3)12-15(13,14)8-7-11-4/h9-12H,5-8H2,1-4H3. The molecule has 4 nitrogen and oxygen atoms in total. The van der Waals surface area contributed by atoms with Crippen LogP contribution in [0.25, 0.3) is 0 Å². The first kappa shape index (κ1) is 14.9. The first-order valence-electron chi connectivity index (χ1n) is 5.52. The van der Waals surface area contributed by atoms with Crippen molar-refractivity contribution >= 4 is 10.0 Å². The van der Waals surface area contributed by atoms with E-state index in [0.717, 1.165) is 12.8 Å². The molecule has 92 valence electrons. The highest BCUT2D eigenvalue weighted by Crippen LogP contribution is 2.07. The Bertz CT molecular complexity index is 250. The lowest BCUT2D eigenvalue weighted by atomic mass is 10.1. The van der Waals surface area contributed by atoms with Crippen LogP contribution in [-0.4, -0.2) is 33.8 Å². The Labute approximate surface area is 93.9 Å². The average Bonchev–Trinajstić information content (AvgIpc) is 2.11. The summed E-state index contributed by atoms with van der Waals surface area (Å²) in [5, 5.41) is 2.83. The fourth-order valence-electron chi connectivity index (χ4n) is 1.24. The molecule has 0 aromatic heterocycles. The summed E-state index contributed by atoms with van der Waals surface area (Å²) in [6, 6.07) is 0.0363. The van der Waals surface area contributed by atoms with Crippen LogP contribution in [0.3, 0.4) is 0 Å². The first-order chi connectivity index (χ1) is 6.87. The molecule has 5 heteroatoms. The average molecular weight is 236 g/mol. The zero-order valence-electron chi connectivity index (χ0n) is 10.2. The SMILES string of the molecule is CNCCS(=O)(=O)NC(C)CCC(C)C. The fraction of sp³-hybridized carbons (Fsp3) is 1.00. The first-order valence-corrected chi connectivity index (χ1v) is 7.17. The van der Waals surface area contributed by atoms with Crippen LogP contribution in [0.15, 0.2) is 0 Å². The summed E-state index contributed by atoms with van der Waals surface area (Å²) in [6.07, 6.45) is 1.95. The van der Waals surface area contributed by atoms with Crippen LogP contribution in [0.1, 0.15) is 33.6 Å². The fourth-order valence-corrected chi connectivity index (χ4v) is 2.57. The van der Waals surface area contributed by atoms with Gasteiger partial charge in [0.1, 0.15) is 0 Å². The quantitative estimate of drug-likeness (QED) is 0.660. The van der Waals surface area contributed by atoms with Crippen molar-refractivity contribution in [3.8, 4) is 0 Å². The van der Waals surface area contributed by atoms with E-state index < -0.39 is 10.0 Å². The second-order valence-electron chi connectivity index (χ2n) is 4.41. The van der Waals surface area contributed by atoms with Gasteiger partial charge in [-0.2, -0.15) is 0 Å². The van der Waals surface area contributed by atoms with E-state index in [2.05, 4.69) is 23.9 Å². The Morgan fingerprint density at radius 2 is 1.73 bits per heavy atom. The van der Waals surface area contributed by atoms with Gasteiger partial charge in [0, 0.05) is 12.6 Å². The molecule has 0 amide bonds. The molecule has 0 fully saturated rings. The van der Waals surface area contributed by atoms with Crippen LogP contribution in [-0.2, 0) is 10.0 Å². The molecule has 0 aromatic rings. The summed E-state index contributed by atoms with van der Waals surface area (Å²) < 4.78 is 25.7. The Morgan fingerprint density at radius 3 is 2.20 bits per heavy atom. The highest BCUT2D eigenvalue weighted by molar-refractivity contribution is 7.89. The van der Waals surface area contributed by atoms with Gasteiger partial charge in [-0.3, -0.25) is 0 Å². The molecule has 0 saturated carbocycles. The van der Waals surface area contributed by atoms with Crippen molar-refractivity contribution in [2.45, 2.75) is 39.7 Å². The normalized spacial score (nSPS) is 14.5. The van der Waals surface area contributed by atoms with Crippen molar-refractivity contribution < 1.29 is 8.42 Å². The number of hydrogen-bond acceptors (Lipinski definition) is 3. The summed E-state index contributed by atoms with van der Waals surface area (Å²) in [5.41, 5.74) is 0. The van der Waals surface area contributed by atoms with Gasteiger partial charge in [0.25, 0.3) is 0 Å². The summed E-state index contributed by atoms with van der Waals surface area (Å²) in [7, 11) is -1.36. The van der Waals surface area contributed by atoms with Crippen molar-refractivity contribution in [2.24, 2.45) is 5.92 Å². The molecule has 2 N–H and O–H groups in total. The minimum atomic E-state index is -3.10. The summed E-state index contributed by atoms with van der Waals surface area (Å²) in [6.45, 7) is 6.69. The third kappa shape index (κ3) is 8.84. The van der Waals surface area contributed by atoms with E-state index in [0.29, 0.717) is 12.5 Å². The lowest BCUT2D eigenvalue weighted by Crippen LogP contribution is -2.36. The second kappa shape index (κ2) is 7.19. The minimum absolute atomic E-state index is 0.0363. The molecule has 0 aromatic carbocycles. The number of nitrogens with one attached hydrogen (secondary N) is 2. The molecule has 0 bridgehead atoms. The molecule has 0 rings (SSSR count). The van der Waals surface area contributed by atoms with Gasteiger partial charge < -0.3 is 5.32 Å². The van der Waals surface area contributed by atoms with Gasteiger partial charge in [-0.05, 0) is 32.7 Å². The Balaban J connectivity index is 3.88. The van der Waals surface area contributed by atoms with E-state index >= 15 is 0 Å². The Morgan fingerprint density at radius 1 is 1.13 bits per heavy atom. The molecule has 15 heavy (non-hydrogen) atoms. The molecule has 0 saturated heterocycles. The van der Waals surface area contributed by atoms with Crippen LogP contribution < -0.4 is 10.0 Å². The van der Waals surface area contributed by atoms with Crippen LogP contribution in [0, 0.1) is 5.92 Å². The summed E-state index contributed by atoms with van der Waals surface area (Å²) in [4.78, 5) is 0. The molecule has 1 atom stereocenters. The Kier molecular flexibility index (Phi) is 7.13. The zero-order valence-corrected chi connectivity index (χ0v) is 11.0. The highest BCUT2D eigenvalue weighted by Gasteiger charge is 2.13. The van der Waals surface area contributed by atoms with E-state index in [1.54, 1.807) is 7.05 Å². The van der Waals surface area contributed by atoms with Gasteiger partial charge in [0.05, 0.1) is 5.75 Å².